The molecule has 32 heavy (non-hydrogen) atoms. The van der Waals surface area contributed by atoms with Crippen LogP contribution < -0.4 is 10.6 Å². The summed E-state index contributed by atoms with van der Waals surface area (Å²) in [6.07, 6.45) is -0.300. The summed E-state index contributed by atoms with van der Waals surface area (Å²) in [4.78, 5) is 35.9. The molecule has 3 N–H and O–H groups in total. The van der Waals surface area contributed by atoms with Crippen molar-refractivity contribution in [3.8, 4) is 11.1 Å². The fourth-order valence-electron chi connectivity index (χ4n) is 4.12. The molecule has 0 fully saturated rings. The SMILES string of the molecule is CC(C)CC(NC(=O)C[C@H](C)NC(=O)OCC1c2ccccc2-c2ccccc21)C(=O)O. The van der Waals surface area contributed by atoms with Gasteiger partial charge in [0.1, 0.15) is 12.6 Å². The molecule has 1 unspecified atom stereocenters. The smallest absolute Gasteiger partial charge is 0.407 e. The molecule has 0 saturated heterocycles. The molecule has 1 aliphatic carbocycles. The zero-order chi connectivity index (χ0) is 23.3. The number of fused-ring (bicyclic) bond motifs is 3. The molecule has 0 bridgehead atoms. The van der Waals surface area contributed by atoms with Crippen LogP contribution in [0.4, 0.5) is 4.79 Å². The summed E-state index contributed by atoms with van der Waals surface area (Å²) in [6, 6.07) is 14.7. The minimum absolute atomic E-state index is 0.0356. The van der Waals surface area contributed by atoms with Crippen LogP contribution in [0.1, 0.15) is 50.7 Å². The average molecular weight is 439 g/mol. The largest absolute Gasteiger partial charge is 0.480 e. The van der Waals surface area contributed by atoms with E-state index in [4.69, 9.17) is 4.74 Å². The van der Waals surface area contributed by atoms with Gasteiger partial charge in [0, 0.05) is 18.4 Å². The third kappa shape index (κ3) is 5.66. The lowest BCUT2D eigenvalue weighted by molar-refractivity contribution is -0.142. The predicted molar refractivity (Wildman–Crippen MR) is 121 cm³/mol. The van der Waals surface area contributed by atoms with Crippen LogP contribution >= 0.6 is 0 Å². The molecular weight excluding hydrogens is 408 g/mol. The van der Waals surface area contributed by atoms with Gasteiger partial charge in [-0.15, -0.1) is 0 Å². The Morgan fingerprint density at radius 1 is 0.938 bits per heavy atom. The fourth-order valence-corrected chi connectivity index (χ4v) is 4.12. The van der Waals surface area contributed by atoms with Crippen LogP contribution in [0.25, 0.3) is 11.1 Å². The first-order valence-electron chi connectivity index (χ1n) is 10.9. The fraction of sp³-hybridized carbons (Fsp3) is 0.400. The number of aliphatic carboxylic acids is 1. The predicted octanol–water partition coefficient (Wildman–Crippen LogP) is 3.92. The Balaban J connectivity index is 1.52. The van der Waals surface area contributed by atoms with Gasteiger partial charge in [-0.2, -0.15) is 0 Å². The molecule has 2 aromatic carbocycles. The Labute approximate surface area is 188 Å². The number of amides is 2. The number of carbonyl (C=O) groups excluding carboxylic acids is 2. The first-order valence-corrected chi connectivity index (χ1v) is 10.9. The van der Waals surface area contributed by atoms with E-state index in [0.717, 1.165) is 22.3 Å². The quantitative estimate of drug-likeness (QED) is 0.550. The van der Waals surface area contributed by atoms with Gasteiger partial charge < -0.3 is 20.5 Å². The molecule has 2 aromatic rings. The van der Waals surface area contributed by atoms with Gasteiger partial charge in [-0.3, -0.25) is 4.79 Å². The third-order valence-corrected chi connectivity index (χ3v) is 5.54. The second kappa shape index (κ2) is 10.3. The van der Waals surface area contributed by atoms with Gasteiger partial charge in [0.05, 0.1) is 0 Å². The highest BCUT2D eigenvalue weighted by Crippen LogP contribution is 2.44. The highest BCUT2D eigenvalue weighted by molar-refractivity contribution is 5.84. The van der Waals surface area contributed by atoms with E-state index in [1.165, 1.54) is 0 Å². The van der Waals surface area contributed by atoms with Crippen molar-refractivity contribution in [2.45, 2.75) is 51.6 Å². The number of benzene rings is 2. The van der Waals surface area contributed by atoms with Crippen molar-refractivity contribution >= 4 is 18.0 Å². The topological polar surface area (TPSA) is 105 Å². The Kier molecular flexibility index (Phi) is 7.51. The molecule has 0 aromatic heterocycles. The van der Waals surface area contributed by atoms with Crippen LogP contribution in [0.15, 0.2) is 48.5 Å². The average Bonchev–Trinajstić information content (AvgIpc) is 3.05. The molecule has 0 spiro atoms. The maximum absolute atomic E-state index is 12.3. The molecule has 0 saturated carbocycles. The maximum atomic E-state index is 12.3. The van der Waals surface area contributed by atoms with Crippen LogP contribution in [-0.2, 0) is 14.3 Å². The lowest BCUT2D eigenvalue weighted by Crippen LogP contribution is -2.44. The van der Waals surface area contributed by atoms with Crippen LogP contribution in [0.3, 0.4) is 0 Å². The number of nitrogens with one attached hydrogen (secondary N) is 2. The maximum Gasteiger partial charge on any atom is 0.407 e. The second-order valence-electron chi connectivity index (χ2n) is 8.66. The third-order valence-electron chi connectivity index (χ3n) is 5.54. The summed E-state index contributed by atoms with van der Waals surface area (Å²) in [6.45, 7) is 5.65. The highest BCUT2D eigenvalue weighted by Gasteiger charge is 2.29. The van der Waals surface area contributed by atoms with Gasteiger partial charge in [0.15, 0.2) is 0 Å². The van der Waals surface area contributed by atoms with Gasteiger partial charge in [-0.1, -0.05) is 62.4 Å². The number of carboxylic acids is 1. The normalized spacial score (nSPS) is 14.2. The number of rotatable bonds is 9. The first-order chi connectivity index (χ1) is 15.3. The Morgan fingerprint density at radius 3 is 2.03 bits per heavy atom. The molecule has 1 aliphatic rings. The molecule has 2 atom stereocenters. The molecule has 7 nitrogen and oxygen atoms in total. The molecule has 170 valence electrons. The van der Waals surface area contributed by atoms with E-state index < -0.39 is 30.1 Å². The van der Waals surface area contributed by atoms with Gasteiger partial charge in [0.25, 0.3) is 0 Å². The van der Waals surface area contributed by atoms with Crippen molar-refractivity contribution in [3.63, 3.8) is 0 Å². The lowest BCUT2D eigenvalue weighted by Gasteiger charge is -2.19. The number of hydrogen-bond acceptors (Lipinski definition) is 4. The number of alkyl carbamates (subject to hydrolysis) is 1. The molecule has 0 radical (unpaired) electrons. The minimum atomic E-state index is -1.07. The van der Waals surface area contributed by atoms with Crippen molar-refractivity contribution in [1.82, 2.24) is 10.6 Å². The zero-order valence-corrected chi connectivity index (χ0v) is 18.6. The summed E-state index contributed by atoms with van der Waals surface area (Å²) in [7, 11) is 0. The Bertz CT molecular complexity index is 942. The van der Waals surface area contributed by atoms with Crippen molar-refractivity contribution < 1.29 is 24.2 Å². The lowest BCUT2D eigenvalue weighted by atomic mass is 9.98. The van der Waals surface area contributed by atoms with Crippen LogP contribution in [-0.4, -0.2) is 41.8 Å². The summed E-state index contributed by atoms with van der Waals surface area (Å²) in [5.41, 5.74) is 4.55. The van der Waals surface area contributed by atoms with Gasteiger partial charge in [-0.05, 0) is 41.5 Å². The van der Waals surface area contributed by atoms with E-state index in [2.05, 4.69) is 22.8 Å². The monoisotopic (exact) mass is 438 g/mol. The van der Waals surface area contributed by atoms with Crippen molar-refractivity contribution in [1.29, 1.82) is 0 Å². The van der Waals surface area contributed by atoms with Gasteiger partial charge in [-0.25, -0.2) is 9.59 Å². The Morgan fingerprint density at radius 2 is 1.50 bits per heavy atom. The Hall–Kier alpha value is -3.35. The second-order valence-corrected chi connectivity index (χ2v) is 8.66. The standard InChI is InChI=1S/C25H30N2O5/c1-15(2)12-22(24(29)30)27-23(28)13-16(3)26-25(31)32-14-21-19-10-6-4-8-17(19)18-9-5-7-11-20(18)21/h4-11,15-16,21-22H,12-14H2,1-3H3,(H,26,31)(H,27,28)(H,29,30)/t16-,22?/m0/s1. The van der Waals surface area contributed by atoms with Crippen LogP contribution in [0.5, 0.6) is 0 Å². The summed E-state index contributed by atoms with van der Waals surface area (Å²) in [5.74, 6) is -1.40. The van der Waals surface area contributed by atoms with E-state index >= 15 is 0 Å². The molecule has 0 heterocycles. The first kappa shape index (κ1) is 23.3. The van der Waals surface area contributed by atoms with Crippen LogP contribution in [0.2, 0.25) is 0 Å². The summed E-state index contributed by atoms with van der Waals surface area (Å²) < 4.78 is 5.49. The van der Waals surface area contributed by atoms with Crippen molar-refractivity contribution in [2.24, 2.45) is 5.92 Å². The van der Waals surface area contributed by atoms with E-state index in [9.17, 15) is 19.5 Å². The van der Waals surface area contributed by atoms with E-state index in [1.54, 1.807) is 6.92 Å². The molecular formula is C25H30N2O5. The summed E-state index contributed by atoms with van der Waals surface area (Å²) >= 11 is 0. The molecule has 3 rings (SSSR count). The molecule has 2 amide bonds. The molecule has 0 aliphatic heterocycles. The van der Waals surface area contributed by atoms with Crippen molar-refractivity contribution in [3.05, 3.63) is 59.7 Å². The van der Waals surface area contributed by atoms with E-state index in [0.29, 0.717) is 6.42 Å². The van der Waals surface area contributed by atoms with Gasteiger partial charge in [0.2, 0.25) is 5.91 Å². The van der Waals surface area contributed by atoms with Crippen LogP contribution in [0, 0.1) is 5.92 Å². The van der Waals surface area contributed by atoms with E-state index in [-0.39, 0.29) is 24.9 Å². The number of hydrogen-bond donors (Lipinski definition) is 3. The number of carbonyl (C=O) groups is 3. The molecule has 7 heteroatoms. The minimum Gasteiger partial charge on any atom is -0.480 e. The number of ether oxygens (including phenoxy) is 1. The van der Waals surface area contributed by atoms with E-state index in [1.807, 2.05) is 50.2 Å². The zero-order valence-electron chi connectivity index (χ0n) is 18.6. The number of carboxylic acid groups (broad SMARTS) is 1. The van der Waals surface area contributed by atoms with Crippen molar-refractivity contribution in [2.75, 3.05) is 6.61 Å². The van der Waals surface area contributed by atoms with Gasteiger partial charge >= 0.3 is 12.1 Å². The highest BCUT2D eigenvalue weighted by atomic mass is 16.5. The summed E-state index contributed by atoms with van der Waals surface area (Å²) in [5, 5.41) is 14.4.